The summed E-state index contributed by atoms with van der Waals surface area (Å²) in [5, 5.41) is 4.67. The second kappa shape index (κ2) is 5.67. The highest BCUT2D eigenvalue weighted by atomic mass is 32.1. The zero-order valence-electron chi connectivity index (χ0n) is 12.6. The number of nitrogens with one attached hydrogen (secondary N) is 2. The highest BCUT2D eigenvalue weighted by Gasteiger charge is 2.26. The summed E-state index contributed by atoms with van der Waals surface area (Å²) in [7, 11) is 0. The first-order chi connectivity index (χ1) is 12.0. The maximum atomic E-state index is 11.8. The molecule has 1 aromatic carbocycles. The minimum absolute atomic E-state index is 0.0303. The number of ether oxygens (including phenoxy) is 1. The molecule has 1 aromatic heterocycles. The maximum absolute atomic E-state index is 11.8. The molecule has 124 valence electrons. The number of thiocarbonyl (C=S) groups is 1. The van der Waals surface area contributed by atoms with Crippen molar-refractivity contribution in [2.45, 2.75) is 6.61 Å². The third-order valence-electron chi connectivity index (χ3n) is 3.83. The van der Waals surface area contributed by atoms with Gasteiger partial charge in [0.15, 0.2) is 5.11 Å². The van der Waals surface area contributed by atoms with Gasteiger partial charge in [0, 0.05) is 11.1 Å². The first kappa shape index (κ1) is 15.3. The van der Waals surface area contributed by atoms with Crippen LogP contribution >= 0.6 is 12.2 Å². The van der Waals surface area contributed by atoms with Crippen LogP contribution in [0.15, 0.2) is 40.3 Å². The van der Waals surface area contributed by atoms with Gasteiger partial charge in [-0.25, -0.2) is 4.79 Å². The van der Waals surface area contributed by atoms with Crippen LogP contribution in [-0.4, -0.2) is 22.9 Å². The van der Waals surface area contributed by atoms with Crippen LogP contribution in [0.25, 0.3) is 17.4 Å². The van der Waals surface area contributed by atoms with E-state index in [2.05, 4.69) is 10.6 Å². The standard InChI is InChI=1S/C17H10N2O5S/c20-14-12(15(21)19-17(25)18-14)6-10-3-4-13(24-10)8-1-2-9-7-23-16(22)11(9)5-8/h1-6H,7H2,(H2,18,19,20,21,25). The molecular formula is C17H10N2O5S. The molecule has 2 aromatic rings. The molecule has 1 saturated heterocycles. The number of fused-ring (bicyclic) bond motifs is 1. The summed E-state index contributed by atoms with van der Waals surface area (Å²) < 4.78 is 10.6. The van der Waals surface area contributed by atoms with E-state index in [1.54, 1.807) is 24.3 Å². The summed E-state index contributed by atoms with van der Waals surface area (Å²) in [6.07, 6.45) is 1.33. The van der Waals surface area contributed by atoms with E-state index in [9.17, 15) is 14.4 Å². The molecule has 0 unspecified atom stereocenters. The molecular weight excluding hydrogens is 344 g/mol. The molecule has 0 aliphatic carbocycles. The first-order valence-electron chi connectivity index (χ1n) is 7.30. The number of cyclic esters (lactones) is 1. The van der Waals surface area contributed by atoms with Crippen molar-refractivity contribution >= 4 is 41.2 Å². The highest BCUT2D eigenvalue weighted by Crippen LogP contribution is 2.28. The minimum Gasteiger partial charge on any atom is -0.457 e. The van der Waals surface area contributed by atoms with Crippen molar-refractivity contribution in [3.8, 4) is 11.3 Å². The van der Waals surface area contributed by atoms with Gasteiger partial charge in [-0.2, -0.15) is 0 Å². The van der Waals surface area contributed by atoms with Gasteiger partial charge in [0.2, 0.25) is 0 Å². The quantitative estimate of drug-likeness (QED) is 0.367. The lowest BCUT2D eigenvalue weighted by atomic mass is 10.0. The Morgan fingerprint density at radius 3 is 2.56 bits per heavy atom. The van der Waals surface area contributed by atoms with Crippen LogP contribution in [0, 0.1) is 0 Å². The summed E-state index contributed by atoms with van der Waals surface area (Å²) in [6.45, 7) is 0.274. The van der Waals surface area contributed by atoms with Crippen molar-refractivity contribution in [1.29, 1.82) is 0 Å². The van der Waals surface area contributed by atoms with E-state index in [0.717, 1.165) is 5.56 Å². The van der Waals surface area contributed by atoms with Gasteiger partial charge in [-0.15, -0.1) is 0 Å². The number of carbonyl (C=O) groups excluding carboxylic acids is 3. The molecule has 0 atom stereocenters. The fourth-order valence-electron chi connectivity index (χ4n) is 2.60. The Labute approximate surface area is 146 Å². The van der Waals surface area contributed by atoms with Crippen LogP contribution in [-0.2, 0) is 20.9 Å². The third kappa shape index (κ3) is 2.72. The molecule has 0 radical (unpaired) electrons. The molecule has 2 amide bonds. The van der Waals surface area contributed by atoms with E-state index < -0.39 is 11.8 Å². The van der Waals surface area contributed by atoms with Gasteiger partial charge in [-0.1, -0.05) is 12.1 Å². The van der Waals surface area contributed by atoms with Crippen molar-refractivity contribution in [1.82, 2.24) is 10.6 Å². The molecule has 2 aliphatic heterocycles. The summed E-state index contributed by atoms with van der Waals surface area (Å²) in [5.74, 6) is -0.719. The molecule has 0 spiro atoms. The number of amides is 2. The topological polar surface area (TPSA) is 97.6 Å². The molecule has 8 heteroatoms. The molecule has 2 N–H and O–H groups in total. The second-order valence-electron chi connectivity index (χ2n) is 5.45. The fourth-order valence-corrected chi connectivity index (χ4v) is 2.79. The summed E-state index contributed by atoms with van der Waals surface area (Å²) in [5.41, 5.74) is 1.93. The molecule has 0 bridgehead atoms. The van der Waals surface area contributed by atoms with Crippen LogP contribution in [0.4, 0.5) is 0 Å². The molecule has 2 aliphatic rings. The Morgan fingerprint density at radius 1 is 1.04 bits per heavy atom. The number of rotatable bonds is 2. The van der Waals surface area contributed by atoms with E-state index in [1.807, 2.05) is 6.07 Å². The fraction of sp³-hybridized carbons (Fsp3) is 0.0588. The van der Waals surface area contributed by atoms with Crippen LogP contribution in [0.5, 0.6) is 0 Å². The average Bonchev–Trinajstić information content (AvgIpc) is 3.18. The minimum atomic E-state index is -0.591. The number of benzene rings is 1. The van der Waals surface area contributed by atoms with Gasteiger partial charge >= 0.3 is 5.97 Å². The zero-order valence-corrected chi connectivity index (χ0v) is 13.4. The van der Waals surface area contributed by atoms with Crippen molar-refractivity contribution in [3.05, 3.63) is 52.8 Å². The highest BCUT2D eigenvalue weighted by molar-refractivity contribution is 7.80. The number of hydrogen-bond acceptors (Lipinski definition) is 6. The van der Waals surface area contributed by atoms with Gasteiger partial charge < -0.3 is 9.15 Å². The summed E-state index contributed by atoms with van der Waals surface area (Å²) >= 11 is 4.74. The largest absolute Gasteiger partial charge is 0.457 e. The normalized spacial score (nSPS) is 16.2. The molecule has 25 heavy (non-hydrogen) atoms. The third-order valence-corrected chi connectivity index (χ3v) is 4.03. The Balaban J connectivity index is 1.65. The Bertz CT molecular complexity index is 967. The molecule has 3 heterocycles. The average molecular weight is 354 g/mol. The maximum Gasteiger partial charge on any atom is 0.338 e. The Morgan fingerprint density at radius 2 is 1.80 bits per heavy atom. The van der Waals surface area contributed by atoms with Crippen molar-refractivity contribution in [2.24, 2.45) is 0 Å². The van der Waals surface area contributed by atoms with Crippen LogP contribution in [0.1, 0.15) is 21.7 Å². The van der Waals surface area contributed by atoms with Crippen LogP contribution in [0.2, 0.25) is 0 Å². The SMILES string of the molecule is O=C1NC(=S)NC(=O)C1=Cc1ccc(-c2ccc3c(c2)C(=O)OC3)o1. The Hall–Kier alpha value is -3.26. The van der Waals surface area contributed by atoms with Crippen LogP contribution < -0.4 is 10.6 Å². The predicted molar refractivity (Wildman–Crippen MR) is 90.1 cm³/mol. The number of esters is 1. The van der Waals surface area contributed by atoms with Crippen molar-refractivity contribution in [2.75, 3.05) is 0 Å². The van der Waals surface area contributed by atoms with Crippen molar-refractivity contribution in [3.63, 3.8) is 0 Å². The van der Waals surface area contributed by atoms with Crippen molar-refractivity contribution < 1.29 is 23.5 Å². The van der Waals surface area contributed by atoms with Crippen LogP contribution in [0.3, 0.4) is 0 Å². The van der Waals surface area contributed by atoms with Gasteiger partial charge in [0.25, 0.3) is 11.8 Å². The van der Waals surface area contributed by atoms with E-state index in [1.165, 1.54) is 6.08 Å². The zero-order chi connectivity index (χ0) is 17.6. The lowest BCUT2D eigenvalue weighted by Crippen LogP contribution is -2.51. The van der Waals surface area contributed by atoms with Gasteiger partial charge in [-0.05, 0) is 36.5 Å². The van der Waals surface area contributed by atoms with E-state index in [4.69, 9.17) is 21.4 Å². The molecule has 1 fully saturated rings. The summed E-state index contributed by atoms with van der Waals surface area (Å²) in [4.78, 5) is 35.3. The van der Waals surface area contributed by atoms with E-state index >= 15 is 0 Å². The molecule has 0 saturated carbocycles. The van der Waals surface area contributed by atoms with E-state index in [-0.39, 0.29) is 23.3 Å². The summed E-state index contributed by atoms with van der Waals surface area (Å²) in [6, 6.07) is 8.63. The monoisotopic (exact) mass is 354 g/mol. The van der Waals surface area contributed by atoms with E-state index in [0.29, 0.717) is 22.6 Å². The lowest BCUT2D eigenvalue weighted by Gasteiger charge is -2.15. The Kier molecular flexibility index (Phi) is 3.47. The lowest BCUT2D eigenvalue weighted by molar-refractivity contribution is -0.123. The first-order valence-corrected chi connectivity index (χ1v) is 7.71. The second-order valence-corrected chi connectivity index (χ2v) is 5.85. The number of carbonyl (C=O) groups is 3. The number of hydrogen-bond donors (Lipinski definition) is 2. The predicted octanol–water partition coefficient (Wildman–Crippen LogP) is 1.53. The van der Waals surface area contributed by atoms with Gasteiger partial charge in [-0.3, -0.25) is 20.2 Å². The molecule has 4 rings (SSSR count). The van der Waals surface area contributed by atoms with Gasteiger partial charge in [0.05, 0.1) is 5.56 Å². The smallest absolute Gasteiger partial charge is 0.338 e. The molecule has 7 nitrogen and oxygen atoms in total. The number of furan rings is 1. The van der Waals surface area contributed by atoms with Gasteiger partial charge in [0.1, 0.15) is 23.7 Å².